The molecule has 0 aromatic rings. The van der Waals surface area contributed by atoms with Crippen LogP contribution in [-0.4, -0.2) is 105 Å². The topological polar surface area (TPSA) is 118 Å². The summed E-state index contributed by atoms with van der Waals surface area (Å²) in [6, 6.07) is 1.09. The first kappa shape index (κ1) is 39.1. The Bertz CT molecular complexity index is 728. The van der Waals surface area contributed by atoms with Gasteiger partial charge in [0, 0.05) is 70.0 Å². The van der Waals surface area contributed by atoms with Gasteiger partial charge in [-0.2, -0.15) is 0 Å². The molecular formula is C37H76N6O2. The molecule has 1 unspecified atom stereocenters. The van der Waals surface area contributed by atoms with Gasteiger partial charge in [0.1, 0.15) is 0 Å². The summed E-state index contributed by atoms with van der Waals surface area (Å²) in [7, 11) is 2.38. The minimum atomic E-state index is -0.479. The van der Waals surface area contributed by atoms with Crippen molar-refractivity contribution in [2.24, 2.45) is 35.3 Å². The normalized spacial score (nSPS) is 26.8. The number of aliphatic hydroxyl groups excluding tert-OH is 2. The molecule has 2 bridgehead atoms. The molecule has 0 spiro atoms. The van der Waals surface area contributed by atoms with E-state index in [1.165, 1.54) is 103 Å². The minimum Gasteiger partial charge on any atom is -0.395 e. The Morgan fingerprint density at radius 1 is 0.867 bits per heavy atom. The molecule has 4 saturated carbocycles. The third kappa shape index (κ3) is 14.4. The van der Waals surface area contributed by atoms with Gasteiger partial charge >= 0.3 is 0 Å². The standard InChI is InChI=1S/C37H76N6O2/c1-5-10-35(43(4)27-28(2)13-16-33-21-30-14-17-31(33)18-15-30)24-42-37(32-11-8-6-7-9-12-32)26-40-34(22-38)23-41-36(29(3)45)25-39-19-20-44/h28-37,39-42,44-45H,5-27,38H2,1-4H3/t28-,29+,30?,31?,33?,34+,35+,36+,37-/m1/s1. The minimum absolute atomic E-state index is 0.0753. The molecule has 8 N–H and O–H groups in total. The van der Waals surface area contributed by atoms with E-state index in [1.54, 1.807) is 0 Å². The number of nitrogens with one attached hydrogen (secondary N) is 4. The summed E-state index contributed by atoms with van der Waals surface area (Å²) in [6.45, 7) is 12.4. The molecule has 0 saturated heterocycles. The lowest BCUT2D eigenvalue weighted by Crippen LogP contribution is -2.55. The lowest BCUT2D eigenvalue weighted by molar-refractivity contribution is 0.0856. The third-order valence-corrected chi connectivity index (χ3v) is 11.9. The zero-order valence-corrected chi connectivity index (χ0v) is 30.0. The van der Waals surface area contributed by atoms with E-state index in [9.17, 15) is 5.11 Å². The molecule has 4 rings (SSSR count). The van der Waals surface area contributed by atoms with Crippen LogP contribution in [0.5, 0.6) is 0 Å². The van der Waals surface area contributed by atoms with Crippen LogP contribution in [0.3, 0.4) is 0 Å². The van der Waals surface area contributed by atoms with E-state index in [1.807, 2.05) is 6.92 Å². The number of nitrogens with two attached hydrogens (primary N) is 1. The van der Waals surface area contributed by atoms with Gasteiger partial charge in [0.25, 0.3) is 0 Å². The summed E-state index contributed by atoms with van der Waals surface area (Å²) in [6.07, 6.45) is 20.5. The van der Waals surface area contributed by atoms with Crippen LogP contribution in [0.4, 0.5) is 0 Å². The van der Waals surface area contributed by atoms with Crippen molar-refractivity contribution < 1.29 is 10.2 Å². The maximum Gasteiger partial charge on any atom is 0.0677 e. The second kappa shape index (κ2) is 22.3. The summed E-state index contributed by atoms with van der Waals surface area (Å²) in [5.74, 6) is 4.56. The number of likely N-dealkylation sites (N-methyl/N-ethyl adjacent to an activating group) is 1. The molecule has 4 aliphatic carbocycles. The number of nitrogens with zero attached hydrogens (tertiary/aromatic N) is 1. The van der Waals surface area contributed by atoms with Gasteiger partial charge in [-0.15, -0.1) is 0 Å². The first-order chi connectivity index (χ1) is 21.8. The average molecular weight is 637 g/mol. The molecule has 8 nitrogen and oxygen atoms in total. The lowest BCUT2D eigenvalue weighted by Gasteiger charge is -2.43. The van der Waals surface area contributed by atoms with Crippen LogP contribution in [0.15, 0.2) is 0 Å². The summed E-state index contributed by atoms with van der Waals surface area (Å²) in [4.78, 5) is 2.68. The Morgan fingerprint density at radius 2 is 1.60 bits per heavy atom. The van der Waals surface area contributed by atoms with Crippen LogP contribution >= 0.6 is 0 Å². The van der Waals surface area contributed by atoms with Crippen molar-refractivity contribution in [3.05, 3.63) is 0 Å². The van der Waals surface area contributed by atoms with Gasteiger partial charge in [-0.3, -0.25) is 0 Å². The highest BCUT2D eigenvalue weighted by molar-refractivity contribution is 4.88. The van der Waals surface area contributed by atoms with E-state index in [-0.39, 0.29) is 18.7 Å². The zero-order valence-electron chi connectivity index (χ0n) is 30.0. The van der Waals surface area contributed by atoms with Crippen LogP contribution in [0, 0.1) is 29.6 Å². The Labute approximate surface area is 278 Å². The number of hydrogen-bond acceptors (Lipinski definition) is 8. The van der Waals surface area contributed by atoms with Crippen molar-refractivity contribution in [3.8, 4) is 0 Å². The molecular weight excluding hydrogens is 560 g/mol. The largest absolute Gasteiger partial charge is 0.395 e. The van der Waals surface area contributed by atoms with Crippen LogP contribution in [0.1, 0.15) is 117 Å². The van der Waals surface area contributed by atoms with Crippen molar-refractivity contribution in [2.45, 2.75) is 147 Å². The van der Waals surface area contributed by atoms with Crippen molar-refractivity contribution in [1.29, 1.82) is 0 Å². The van der Waals surface area contributed by atoms with Crippen LogP contribution < -0.4 is 27.0 Å². The Kier molecular flexibility index (Phi) is 19.4. The molecule has 0 aromatic heterocycles. The van der Waals surface area contributed by atoms with Crippen LogP contribution in [0.2, 0.25) is 0 Å². The first-order valence-electron chi connectivity index (χ1n) is 19.4. The predicted molar refractivity (Wildman–Crippen MR) is 191 cm³/mol. The van der Waals surface area contributed by atoms with Crippen LogP contribution in [0.25, 0.3) is 0 Å². The quantitative estimate of drug-likeness (QED) is 0.0626. The van der Waals surface area contributed by atoms with Gasteiger partial charge in [0.2, 0.25) is 0 Å². The predicted octanol–water partition coefficient (Wildman–Crippen LogP) is 4.10. The van der Waals surface area contributed by atoms with Gasteiger partial charge in [-0.05, 0) is 94.9 Å². The summed E-state index contributed by atoms with van der Waals surface area (Å²) >= 11 is 0. The summed E-state index contributed by atoms with van der Waals surface area (Å²) < 4.78 is 0. The van der Waals surface area contributed by atoms with Gasteiger partial charge in [-0.1, -0.05) is 58.8 Å². The highest BCUT2D eigenvalue weighted by Gasteiger charge is 2.35. The van der Waals surface area contributed by atoms with Crippen molar-refractivity contribution in [3.63, 3.8) is 0 Å². The second-order valence-corrected chi connectivity index (χ2v) is 15.6. The van der Waals surface area contributed by atoms with E-state index < -0.39 is 6.10 Å². The van der Waals surface area contributed by atoms with Gasteiger partial charge < -0.3 is 42.1 Å². The van der Waals surface area contributed by atoms with Crippen molar-refractivity contribution >= 4 is 0 Å². The van der Waals surface area contributed by atoms with E-state index >= 15 is 0 Å². The number of fused-ring (bicyclic) bond motifs is 3. The van der Waals surface area contributed by atoms with E-state index in [0.717, 1.165) is 36.8 Å². The molecule has 0 amide bonds. The van der Waals surface area contributed by atoms with Gasteiger partial charge in [-0.25, -0.2) is 0 Å². The monoisotopic (exact) mass is 637 g/mol. The first-order valence-corrected chi connectivity index (χ1v) is 19.4. The van der Waals surface area contributed by atoms with E-state index in [0.29, 0.717) is 44.2 Å². The molecule has 0 aromatic carbocycles. The van der Waals surface area contributed by atoms with Gasteiger partial charge in [0.15, 0.2) is 0 Å². The fraction of sp³-hybridized carbons (Fsp3) is 1.00. The molecule has 0 heterocycles. The second-order valence-electron chi connectivity index (χ2n) is 15.6. The molecule has 266 valence electrons. The third-order valence-electron chi connectivity index (χ3n) is 11.9. The maximum atomic E-state index is 10.3. The SMILES string of the molecule is CCC[C@@H](CN[C@H](CN[C@@H](CN)CN[C@@H](CNCCO)[C@H](C)O)C1CCCCCC1)N(C)C[C@H](C)CCC1CC2CCC1CC2. The Hall–Kier alpha value is -0.320. The van der Waals surface area contributed by atoms with E-state index in [4.69, 9.17) is 10.8 Å². The average Bonchev–Trinajstić information content (AvgIpc) is 3.33. The highest BCUT2D eigenvalue weighted by atomic mass is 16.3. The fourth-order valence-corrected chi connectivity index (χ4v) is 8.89. The summed E-state index contributed by atoms with van der Waals surface area (Å²) in [5, 5.41) is 34.0. The number of rotatable bonds is 24. The molecule has 4 fully saturated rings. The molecule has 0 aliphatic heterocycles. The Balaban J connectivity index is 1.50. The highest BCUT2D eigenvalue weighted by Crippen LogP contribution is 2.46. The van der Waals surface area contributed by atoms with Crippen molar-refractivity contribution in [1.82, 2.24) is 26.2 Å². The molecule has 4 aliphatic rings. The maximum absolute atomic E-state index is 10.3. The van der Waals surface area contributed by atoms with Gasteiger partial charge in [0.05, 0.1) is 12.7 Å². The molecule has 0 radical (unpaired) electrons. The fourth-order valence-electron chi connectivity index (χ4n) is 8.89. The molecule has 7 atom stereocenters. The zero-order chi connectivity index (χ0) is 32.4. The smallest absolute Gasteiger partial charge is 0.0677 e. The molecule has 45 heavy (non-hydrogen) atoms. The molecule has 8 heteroatoms. The Morgan fingerprint density at radius 3 is 2.20 bits per heavy atom. The van der Waals surface area contributed by atoms with Crippen LogP contribution in [-0.2, 0) is 0 Å². The number of aliphatic hydroxyl groups is 2. The number of hydrogen-bond donors (Lipinski definition) is 7. The summed E-state index contributed by atoms with van der Waals surface area (Å²) in [5.41, 5.74) is 6.24. The van der Waals surface area contributed by atoms with E-state index in [2.05, 4.69) is 47.1 Å². The van der Waals surface area contributed by atoms with Crippen molar-refractivity contribution in [2.75, 3.05) is 59.5 Å². The lowest BCUT2D eigenvalue weighted by atomic mass is 9.63.